The van der Waals surface area contributed by atoms with Gasteiger partial charge in [-0.15, -0.1) is 0 Å². The van der Waals surface area contributed by atoms with Crippen LogP contribution in [0.5, 0.6) is 0 Å². The van der Waals surface area contributed by atoms with Gasteiger partial charge < -0.3 is 10.2 Å². The molecule has 0 bridgehead atoms. The average molecular weight is 359 g/mol. The highest BCUT2D eigenvalue weighted by atomic mass is 32.2. The Morgan fingerprint density at radius 2 is 1.92 bits per heavy atom. The summed E-state index contributed by atoms with van der Waals surface area (Å²) in [6.07, 6.45) is 2.05. The lowest BCUT2D eigenvalue weighted by Gasteiger charge is -2.31. The molecule has 0 unspecified atom stereocenters. The Morgan fingerprint density at radius 3 is 2.60 bits per heavy atom. The summed E-state index contributed by atoms with van der Waals surface area (Å²) >= 11 is 0. The minimum absolute atomic E-state index is 0.0193. The first-order valence-corrected chi connectivity index (χ1v) is 9.65. The summed E-state index contributed by atoms with van der Waals surface area (Å²) in [7, 11) is -3.73. The zero-order valence-electron chi connectivity index (χ0n) is 14.0. The van der Waals surface area contributed by atoms with Crippen molar-refractivity contribution in [3.8, 4) is 0 Å². The number of sulfonamides is 1. The number of hydrogen-bond acceptors (Lipinski definition) is 4. The van der Waals surface area contributed by atoms with Gasteiger partial charge in [0.2, 0.25) is 15.9 Å². The van der Waals surface area contributed by atoms with Crippen molar-refractivity contribution in [1.82, 2.24) is 0 Å². The van der Waals surface area contributed by atoms with Gasteiger partial charge >= 0.3 is 0 Å². The van der Waals surface area contributed by atoms with Gasteiger partial charge in [0.05, 0.1) is 11.4 Å². The SMILES string of the molecule is Cc1ccc2c(c1)CCCN2CC(=O)Nc1ccc(S(N)(=O)=O)cc1. The fraction of sp³-hybridized carbons (Fsp3) is 0.278. The Bertz CT molecular complexity index is 892. The maximum absolute atomic E-state index is 12.3. The average Bonchev–Trinajstić information content (AvgIpc) is 2.54. The van der Waals surface area contributed by atoms with Gasteiger partial charge in [-0.2, -0.15) is 0 Å². The van der Waals surface area contributed by atoms with E-state index in [4.69, 9.17) is 5.14 Å². The van der Waals surface area contributed by atoms with Crippen molar-refractivity contribution >= 4 is 27.3 Å². The Kier molecular flexibility index (Phi) is 4.78. The van der Waals surface area contributed by atoms with Crippen LogP contribution in [0, 0.1) is 6.92 Å². The van der Waals surface area contributed by atoms with Gasteiger partial charge in [-0.3, -0.25) is 4.79 Å². The number of aryl methyl sites for hydroxylation is 2. The number of rotatable bonds is 4. The Balaban J connectivity index is 1.68. The third kappa shape index (κ3) is 4.18. The van der Waals surface area contributed by atoms with Crippen LogP contribution >= 0.6 is 0 Å². The number of nitrogens with two attached hydrogens (primary N) is 1. The van der Waals surface area contributed by atoms with Crippen molar-refractivity contribution < 1.29 is 13.2 Å². The molecule has 1 amide bonds. The number of fused-ring (bicyclic) bond motifs is 1. The molecule has 25 heavy (non-hydrogen) atoms. The second-order valence-electron chi connectivity index (χ2n) is 6.27. The molecule has 0 saturated carbocycles. The molecular formula is C18H21N3O3S. The highest BCUT2D eigenvalue weighted by Gasteiger charge is 2.19. The van der Waals surface area contributed by atoms with Crippen LogP contribution < -0.4 is 15.4 Å². The van der Waals surface area contributed by atoms with Gasteiger partial charge in [0, 0.05) is 17.9 Å². The van der Waals surface area contributed by atoms with Gasteiger partial charge in [0.1, 0.15) is 0 Å². The summed E-state index contributed by atoms with van der Waals surface area (Å²) in [4.78, 5) is 14.4. The molecule has 132 valence electrons. The van der Waals surface area contributed by atoms with Gasteiger partial charge in [-0.25, -0.2) is 13.6 Å². The number of hydrogen-bond donors (Lipinski definition) is 2. The fourth-order valence-corrected chi connectivity index (χ4v) is 3.59. The molecule has 0 aromatic heterocycles. The zero-order valence-corrected chi connectivity index (χ0v) is 14.8. The molecule has 0 atom stereocenters. The maximum Gasteiger partial charge on any atom is 0.243 e. The minimum atomic E-state index is -3.73. The van der Waals surface area contributed by atoms with Gasteiger partial charge in [-0.05, 0) is 55.7 Å². The van der Waals surface area contributed by atoms with Gasteiger partial charge in [-0.1, -0.05) is 17.7 Å². The van der Waals surface area contributed by atoms with E-state index < -0.39 is 10.0 Å². The van der Waals surface area contributed by atoms with Crippen molar-refractivity contribution in [2.75, 3.05) is 23.3 Å². The number of primary sulfonamides is 1. The number of nitrogens with zero attached hydrogens (tertiary/aromatic N) is 1. The molecule has 0 saturated heterocycles. The van der Waals surface area contributed by atoms with E-state index in [1.54, 1.807) is 0 Å². The van der Waals surface area contributed by atoms with Gasteiger partial charge in [0.15, 0.2) is 0 Å². The van der Waals surface area contributed by atoms with E-state index in [-0.39, 0.29) is 17.3 Å². The molecule has 6 nitrogen and oxygen atoms in total. The van der Waals surface area contributed by atoms with Crippen LogP contribution in [0.25, 0.3) is 0 Å². The second-order valence-corrected chi connectivity index (χ2v) is 7.84. The van der Waals surface area contributed by atoms with Crippen LogP contribution in [0.1, 0.15) is 17.5 Å². The van der Waals surface area contributed by atoms with Gasteiger partial charge in [0.25, 0.3) is 0 Å². The predicted molar refractivity (Wildman–Crippen MR) is 98.2 cm³/mol. The molecule has 1 aliphatic rings. The number of carbonyl (C=O) groups is 1. The lowest BCUT2D eigenvalue weighted by molar-refractivity contribution is -0.115. The van der Waals surface area contributed by atoms with E-state index in [2.05, 4.69) is 35.3 Å². The van der Waals surface area contributed by atoms with Crippen LogP contribution in [-0.4, -0.2) is 27.4 Å². The van der Waals surface area contributed by atoms with E-state index in [1.165, 1.54) is 35.4 Å². The van der Waals surface area contributed by atoms with Crippen molar-refractivity contribution in [2.45, 2.75) is 24.7 Å². The molecule has 3 N–H and O–H groups in total. The molecule has 1 heterocycles. The second kappa shape index (κ2) is 6.85. The minimum Gasteiger partial charge on any atom is -0.362 e. The fourth-order valence-electron chi connectivity index (χ4n) is 3.07. The first-order chi connectivity index (χ1) is 11.8. The molecule has 7 heteroatoms. The molecule has 0 fully saturated rings. The molecule has 2 aromatic rings. The van der Waals surface area contributed by atoms with Crippen molar-refractivity contribution in [3.63, 3.8) is 0 Å². The summed E-state index contributed by atoms with van der Waals surface area (Å²) < 4.78 is 22.5. The number of nitrogens with one attached hydrogen (secondary N) is 1. The highest BCUT2D eigenvalue weighted by Crippen LogP contribution is 2.27. The zero-order chi connectivity index (χ0) is 18.0. The number of benzene rings is 2. The summed E-state index contributed by atoms with van der Waals surface area (Å²) in [5.41, 5.74) is 4.15. The van der Waals surface area contributed by atoms with Crippen LogP contribution in [0.2, 0.25) is 0 Å². The molecule has 0 spiro atoms. The lowest BCUT2D eigenvalue weighted by Crippen LogP contribution is -2.36. The Morgan fingerprint density at radius 1 is 1.20 bits per heavy atom. The first kappa shape index (κ1) is 17.4. The third-order valence-electron chi connectivity index (χ3n) is 4.25. The topological polar surface area (TPSA) is 92.5 Å². The normalized spacial score (nSPS) is 14.1. The van der Waals surface area contributed by atoms with Crippen LogP contribution in [0.4, 0.5) is 11.4 Å². The first-order valence-electron chi connectivity index (χ1n) is 8.10. The van der Waals surface area contributed by atoms with E-state index in [9.17, 15) is 13.2 Å². The predicted octanol–water partition coefficient (Wildman–Crippen LogP) is 2.03. The Labute approximate surface area is 147 Å². The standard InChI is InChI=1S/C18H21N3O3S/c1-13-4-9-17-14(11-13)3-2-10-21(17)12-18(22)20-15-5-7-16(8-6-15)25(19,23)24/h4-9,11H,2-3,10,12H2,1H3,(H,20,22)(H2,19,23,24). The molecule has 1 aliphatic heterocycles. The van der Waals surface area contributed by atoms with E-state index >= 15 is 0 Å². The summed E-state index contributed by atoms with van der Waals surface area (Å²) in [5.74, 6) is -0.142. The quantitative estimate of drug-likeness (QED) is 0.874. The van der Waals surface area contributed by atoms with Crippen molar-refractivity contribution in [2.24, 2.45) is 5.14 Å². The summed E-state index contributed by atoms with van der Waals surface area (Å²) in [6, 6.07) is 12.1. The number of carbonyl (C=O) groups excluding carboxylic acids is 1. The smallest absolute Gasteiger partial charge is 0.243 e. The number of anilines is 2. The number of amides is 1. The van der Waals surface area contributed by atoms with E-state index in [0.717, 1.165) is 25.1 Å². The monoisotopic (exact) mass is 359 g/mol. The van der Waals surface area contributed by atoms with Crippen LogP contribution in [0.15, 0.2) is 47.4 Å². The van der Waals surface area contributed by atoms with Crippen LogP contribution in [-0.2, 0) is 21.2 Å². The maximum atomic E-state index is 12.3. The molecular weight excluding hydrogens is 338 g/mol. The van der Waals surface area contributed by atoms with E-state index in [0.29, 0.717) is 5.69 Å². The lowest BCUT2D eigenvalue weighted by atomic mass is 9.99. The summed E-state index contributed by atoms with van der Waals surface area (Å²) in [6.45, 7) is 3.16. The highest BCUT2D eigenvalue weighted by molar-refractivity contribution is 7.89. The van der Waals surface area contributed by atoms with E-state index in [1.807, 2.05) is 0 Å². The third-order valence-corrected chi connectivity index (χ3v) is 5.18. The molecule has 2 aromatic carbocycles. The largest absolute Gasteiger partial charge is 0.362 e. The Hall–Kier alpha value is -2.38. The molecule has 0 radical (unpaired) electrons. The molecule has 3 rings (SSSR count). The van der Waals surface area contributed by atoms with Crippen LogP contribution in [0.3, 0.4) is 0 Å². The van der Waals surface area contributed by atoms with Crippen molar-refractivity contribution in [3.05, 3.63) is 53.6 Å². The summed E-state index contributed by atoms with van der Waals surface area (Å²) in [5, 5.41) is 7.86. The molecule has 0 aliphatic carbocycles. The van der Waals surface area contributed by atoms with Crippen molar-refractivity contribution in [1.29, 1.82) is 0 Å².